The molecule has 0 amide bonds. The molecular formula is C5H7SSe. The van der Waals surface area contributed by atoms with Crippen molar-refractivity contribution in [2.45, 2.75) is 0 Å². The van der Waals surface area contributed by atoms with Gasteiger partial charge >= 0.3 is 56.6 Å². The molecule has 0 spiro atoms. The molecule has 0 aliphatic carbocycles. The second kappa shape index (κ2) is 4.51. The predicted octanol–water partition coefficient (Wildman–Crippen LogP) is 1.55. The average molecular weight is 178 g/mol. The van der Waals surface area contributed by atoms with Crippen molar-refractivity contribution >= 4 is 27.8 Å². The van der Waals surface area contributed by atoms with E-state index >= 15 is 0 Å². The van der Waals surface area contributed by atoms with Gasteiger partial charge in [-0.05, 0) is 0 Å². The van der Waals surface area contributed by atoms with E-state index in [0.717, 1.165) is 0 Å². The summed E-state index contributed by atoms with van der Waals surface area (Å²) in [5, 5.41) is 0. The van der Waals surface area contributed by atoms with E-state index in [1.54, 1.807) is 11.8 Å². The summed E-state index contributed by atoms with van der Waals surface area (Å²) < 4.78 is 0. The van der Waals surface area contributed by atoms with Gasteiger partial charge in [-0.15, -0.1) is 0 Å². The maximum absolute atomic E-state index is 3.59. The molecule has 0 nitrogen and oxygen atoms in total. The minimum atomic E-state index is 1.18. The molecule has 39 valence electrons. The molecule has 0 rings (SSSR count). The number of rotatable bonds is 2. The topological polar surface area (TPSA) is 0 Å². The fourth-order valence-corrected chi connectivity index (χ4v) is 1.25. The fraction of sp³-hybridized carbons (Fsp3) is 0.200. The standard InChI is InChI=1S/C5H7SSe/c1-3-5(4-7)6-2/h3-4H,1H2,2H3/b5-4-. The summed E-state index contributed by atoms with van der Waals surface area (Å²) >= 11 is 4.47. The van der Waals surface area contributed by atoms with Crippen LogP contribution in [0.4, 0.5) is 0 Å². The first kappa shape index (κ1) is 7.35. The second-order valence-corrected chi connectivity index (χ2v) is 2.30. The third kappa shape index (κ3) is 2.98. The number of allylic oxidation sites excluding steroid dienone is 1. The summed E-state index contributed by atoms with van der Waals surface area (Å²) in [5.41, 5.74) is 0. The molecule has 0 aliphatic heterocycles. The van der Waals surface area contributed by atoms with E-state index in [1.807, 2.05) is 17.3 Å². The molecule has 0 bridgehead atoms. The first-order valence-corrected chi connectivity index (χ1v) is 4.05. The van der Waals surface area contributed by atoms with E-state index in [9.17, 15) is 0 Å². The molecule has 0 unspecified atom stereocenters. The molecule has 0 N–H and O–H groups in total. The first-order valence-electron chi connectivity index (χ1n) is 1.83. The van der Waals surface area contributed by atoms with Crippen LogP contribution in [-0.2, 0) is 0 Å². The Morgan fingerprint density at radius 1 is 1.86 bits per heavy atom. The van der Waals surface area contributed by atoms with Crippen molar-refractivity contribution in [3.63, 3.8) is 0 Å². The van der Waals surface area contributed by atoms with Gasteiger partial charge in [-0.3, -0.25) is 0 Å². The van der Waals surface area contributed by atoms with Gasteiger partial charge in [0.05, 0.1) is 0 Å². The molecule has 0 aromatic carbocycles. The van der Waals surface area contributed by atoms with Gasteiger partial charge in [0.25, 0.3) is 0 Å². The first-order chi connectivity index (χ1) is 3.35. The monoisotopic (exact) mass is 179 g/mol. The van der Waals surface area contributed by atoms with Crippen LogP contribution in [0.1, 0.15) is 0 Å². The second-order valence-electron chi connectivity index (χ2n) is 0.928. The predicted molar refractivity (Wildman–Crippen MR) is 37.5 cm³/mol. The van der Waals surface area contributed by atoms with Crippen molar-refractivity contribution in [3.05, 3.63) is 22.5 Å². The Kier molecular flexibility index (Phi) is 4.73. The Morgan fingerprint density at radius 2 is 2.43 bits per heavy atom. The van der Waals surface area contributed by atoms with E-state index in [4.69, 9.17) is 0 Å². The number of hydrogen-bond donors (Lipinski definition) is 0. The van der Waals surface area contributed by atoms with Crippen molar-refractivity contribution < 1.29 is 0 Å². The molecule has 0 fully saturated rings. The van der Waals surface area contributed by atoms with Crippen LogP contribution < -0.4 is 0 Å². The Balaban J connectivity index is 3.60. The molecule has 0 aromatic heterocycles. The van der Waals surface area contributed by atoms with Crippen LogP contribution in [0.2, 0.25) is 0 Å². The molecule has 0 heterocycles. The fourth-order valence-electron chi connectivity index (χ4n) is 0.180. The summed E-state index contributed by atoms with van der Waals surface area (Å²) in [6.45, 7) is 3.59. The zero-order valence-electron chi connectivity index (χ0n) is 4.18. The van der Waals surface area contributed by atoms with E-state index in [0.29, 0.717) is 0 Å². The minimum absolute atomic E-state index is 1.18. The Labute approximate surface area is 56.9 Å². The summed E-state index contributed by atoms with van der Waals surface area (Å²) in [7, 11) is 0. The Bertz CT molecular complexity index is 86.1. The number of hydrogen-bond acceptors (Lipinski definition) is 1. The van der Waals surface area contributed by atoms with Gasteiger partial charge < -0.3 is 0 Å². The quantitative estimate of drug-likeness (QED) is 0.456. The maximum atomic E-state index is 3.59. The molecule has 0 atom stereocenters. The van der Waals surface area contributed by atoms with Crippen LogP contribution in [0.25, 0.3) is 0 Å². The molecule has 0 aliphatic rings. The normalized spacial score (nSPS) is 11.3. The van der Waals surface area contributed by atoms with Gasteiger partial charge in [0, 0.05) is 0 Å². The van der Waals surface area contributed by atoms with E-state index in [-0.39, 0.29) is 0 Å². The molecule has 0 saturated heterocycles. The van der Waals surface area contributed by atoms with Crippen LogP contribution in [0.5, 0.6) is 0 Å². The zero-order chi connectivity index (χ0) is 5.70. The number of thioether (sulfide) groups is 1. The summed E-state index contributed by atoms with van der Waals surface area (Å²) in [6, 6.07) is 0. The van der Waals surface area contributed by atoms with E-state index < -0.39 is 0 Å². The molecule has 0 saturated carbocycles. The van der Waals surface area contributed by atoms with Crippen LogP contribution in [0.3, 0.4) is 0 Å². The van der Waals surface area contributed by atoms with Gasteiger partial charge in [0.15, 0.2) is 0 Å². The van der Waals surface area contributed by atoms with Gasteiger partial charge in [-0.2, -0.15) is 0 Å². The summed E-state index contributed by atoms with van der Waals surface area (Å²) in [6.07, 6.45) is 3.84. The molecule has 7 heavy (non-hydrogen) atoms. The Morgan fingerprint density at radius 3 is 2.43 bits per heavy atom. The zero-order valence-corrected chi connectivity index (χ0v) is 6.71. The van der Waals surface area contributed by atoms with Gasteiger partial charge in [-0.1, -0.05) is 0 Å². The van der Waals surface area contributed by atoms with Crippen LogP contribution >= 0.6 is 11.8 Å². The van der Waals surface area contributed by atoms with Crippen molar-refractivity contribution in [2.24, 2.45) is 0 Å². The van der Waals surface area contributed by atoms with E-state index in [2.05, 4.69) is 22.6 Å². The van der Waals surface area contributed by atoms with Gasteiger partial charge in [0.1, 0.15) is 0 Å². The molecule has 1 radical (unpaired) electrons. The van der Waals surface area contributed by atoms with Gasteiger partial charge in [0.2, 0.25) is 0 Å². The van der Waals surface area contributed by atoms with Crippen molar-refractivity contribution in [1.29, 1.82) is 0 Å². The summed E-state index contributed by atoms with van der Waals surface area (Å²) in [4.78, 5) is 3.09. The van der Waals surface area contributed by atoms with Crippen LogP contribution in [-0.4, -0.2) is 22.3 Å². The van der Waals surface area contributed by atoms with Crippen molar-refractivity contribution in [1.82, 2.24) is 0 Å². The molecule has 0 aromatic rings. The van der Waals surface area contributed by atoms with Crippen LogP contribution in [0.15, 0.2) is 22.5 Å². The summed E-state index contributed by atoms with van der Waals surface area (Å²) in [5.74, 6) is 0. The molecular weight excluding hydrogens is 171 g/mol. The third-order valence-electron chi connectivity index (χ3n) is 0.553. The van der Waals surface area contributed by atoms with E-state index in [1.165, 1.54) is 4.91 Å². The SMILES string of the molecule is C=C/C(=C/[Se])SC. The Hall–Kier alpha value is 0.349. The third-order valence-corrected chi connectivity index (χ3v) is 2.18. The molecule has 2 heteroatoms. The van der Waals surface area contributed by atoms with Gasteiger partial charge in [-0.25, -0.2) is 0 Å². The van der Waals surface area contributed by atoms with Crippen LogP contribution in [0, 0.1) is 0 Å². The van der Waals surface area contributed by atoms with Crippen molar-refractivity contribution in [2.75, 3.05) is 6.26 Å². The van der Waals surface area contributed by atoms with Crippen molar-refractivity contribution in [3.8, 4) is 0 Å². The average Bonchev–Trinajstić information content (AvgIpc) is 1.72.